The maximum Gasteiger partial charge on any atom is 0.259 e. The van der Waals surface area contributed by atoms with Crippen molar-refractivity contribution in [1.29, 1.82) is 0 Å². The number of aliphatic hydroxyl groups is 1. The minimum atomic E-state index is -0.580. The zero-order valence-electron chi connectivity index (χ0n) is 17.4. The lowest BCUT2D eigenvalue weighted by Gasteiger charge is -2.35. The summed E-state index contributed by atoms with van der Waals surface area (Å²) in [4.78, 5) is 19.2. The molecule has 1 aromatic heterocycles. The zero-order chi connectivity index (χ0) is 21.1. The first-order valence-corrected chi connectivity index (χ1v) is 10.5. The van der Waals surface area contributed by atoms with Gasteiger partial charge in [0.25, 0.3) is 5.91 Å². The molecular formula is C23H28N2O5. The van der Waals surface area contributed by atoms with Crippen LogP contribution in [-0.4, -0.2) is 59.9 Å². The lowest BCUT2D eigenvalue weighted by molar-refractivity contribution is -0.0240. The Labute approximate surface area is 176 Å². The van der Waals surface area contributed by atoms with Gasteiger partial charge in [-0.05, 0) is 55.9 Å². The first-order valence-electron chi connectivity index (χ1n) is 10.5. The van der Waals surface area contributed by atoms with Gasteiger partial charge >= 0.3 is 0 Å². The number of hydrogen-bond acceptors (Lipinski definition) is 6. The van der Waals surface area contributed by atoms with Gasteiger partial charge in [-0.3, -0.25) is 4.79 Å². The molecule has 4 rings (SSSR count). The van der Waals surface area contributed by atoms with Crippen LogP contribution in [0.4, 0.5) is 0 Å². The number of carbonyl (C=O) groups is 1. The summed E-state index contributed by atoms with van der Waals surface area (Å²) in [6.45, 7) is 3.60. The topological polar surface area (TPSA) is 81.1 Å². The van der Waals surface area contributed by atoms with Crippen molar-refractivity contribution < 1.29 is 24.1 Å². The molecule has 1 saturated carbocycles. The van der Waals surface area contributed by atoms with Crippen LogP contribution in [0.15, 0.2) is 42.6 Å². The molecule has 4 atom stereocenters. The van der Waals surface area contributed by atoms with Gasteiger partial charge in [-0.15, -0.1) is 0 Å². The van der Waals surface area contributed by atoms with Crippen LogP contribution in [0.3, 0.4) is 0 Å². The fraction of sp³-hybridized carbons (Fsp3) is 0.478. The molecular weight excluding hydrogens is 384 g/mol. The minimum Gasteiger partial charge on any atom is -0.493 e. The third-order valence-electron chi connectivity index (χ3n) is 6.00. The highest BCUT2D eigenvalue weighted by molar-refractivity contribution is 5.96. The molecule has 0 spiro atoms. The summed E-state index contributed by atoms with van der Waals surface area (Å²) in [5, 5.41) is 10.7. The van der Waals surface area contributed by atoms with E-state index in [0.717, 1.165) is 0 Å². The van der Waals surface area contributed by atoms with Crippen LogP contribution in [0.1, 0.15) is 30.1 Å². The van der Waals surface area contributed by atoms with E-state index in [1.807, 2.05) is 36.1 Å². The number of hydrogen-bond donors (Lipinski definition) is 1. The molecule has 1 aliphatic heterocycles. The van der Waals surface area contributed by atoms with Crippen molar-refractivity contribution in [3.8, 4) is 17.4 Å². The summed E-state index contributed by atoms with van der Waals surface area (Å²) in [6, 6.07) is 11.0. The molecule has 7 heteroatoms. The Balaban J connectivity index is 1.45. The van der Waals surface area contributed by atoms with Gasteiger partial charge in [0.05, 0.1) is 19.8 Å². The third kappa shape index (κ3) is 4.07. The van der Waals surface area contributed by atoms with Crippen molar-refractivity contribution in [3.63, 3.8) is 0 Å². The number of ether oxygens (including phenoxy) is 3. The molecule has 1 aromatic carbocycles. The first-order chi connectivity index (χ1) is 14.6. The van der Waals surface area contributed by atoms with E-state index in [1.54, 1.807) is 25.4 Å². The van der Waals surface area contributed by atoms with Crippen molar-refractivity contribution in [1.82, 2.24) is 9.88 Å². The average molecular weight is 412 g/mol. The van der Waals surface area contributed by atoms with Gasteiger partial charge in [-0.25, -0.2) is 4.98 Å². The van der Waals surface area contributed by atoms with Crippen molar-refractivity contribution in [2.75, 3.05) is 26.8 Å². The number of carbonyl (C=O) groups excluding carboxylic acids is 1. The van der Waals surface area contributed by atoms with Crippen molar-refractivity contribution in [2.24, 2.45) is 11.8 Å². The number of fused-ring (bicyclic) bond motifs is 1. The van der Waals surface area contributed by atoms with E-state index in [9.17, 15) is 9.90 Å². The number of likely N-dealkylation sites (tertiary alicyclic amines) is 1. The number of pyridine rings is 1. The fourth-order valence-corrected chi connectivity index (χ4v) is 4.54. The lowest BCUT2D eigenvalue weighted by atomic mass is 9.78. The van der Waals surface area contributed by atoms with Gasteiger partial charge in [0, 0.05) is 19.3 Å². The summed E-state index contributed by atoms with van der Waals surface area (Å²) in [5.41, 5.74) is 0.486. The summed E-state index contributed by atoms with van der Waals surface area (Å²) in [6.07, 6.45) is 2.03. The summed E-state index contributed by atoms with van der Waals surface area (Å²) in [7, 11) is 1.60. The molecule has 2 aliphatic rings. The van der Waals surface area contributed by atoms with Gasteiger partial charge in [0.2, 0.25) is 5.88 Å². The van der Waals surface area contributed by atoms with Crippen LogP contribution in [0.2, 0.25) is 0 Å². The van der Waals surface area contributed by atoms with Crippen LogP contribution >= 0.6 is 0 Å². The van der Waals surface area contributed by atoms with Gasteiger partial charge in [0.15, 0.2) is 11.5 Å². The minimum absolute atomic E-state index is 0.0716. The Morgan fingerprint density at radius 3 is 2.60 bits per heavy atom. The molecule has 2 heterocycles. The quantitative estimate of drug-likeness (QED) is 0.786. The van der Waals surface area contributed by atoms with E-state index in [1.165, 1.54) is 0 Å². The molecule has 2 aromatic rings. The molecule has 1 saturated heterocycles. The molecule has 2 fully saturated rings. The predicted octanol–water partition coefficient (Wildman–Crippen LogP) is 2.78. The van der Waals surface area contributed by atoms with Gasteiger partial charge < -0.3 is 24.2 Å². The molecule has 1 aliphatic carbocycles. The zero-order valence-corrected chi connectivity index (χ0v) is 17.4. The van der Waals surface area contributed by atoms with Crippen LogP contribution in [0.5, 0.6) is 17.4 Å². The van der Waals surface area contributed by atoms with E-state index in [0.29, 0.717) is 55.5 Å². The number of aliphatic hydroxyl groups excluding tert-OH is 1. The second-order valence-electron chi connectivity index (χ2n) is 7.87. The number of para-hydroxylation sites is 2. The molecule has 160 valence electrons. The Hall–Kier alpha value is -2.80. The standard InChI is InChI=1S/C23H28N2O5/c1-3-29-22-17(7-6-10-24-22)23(27)25-13-15-11-18(26)21(12-16(15)14-25)30-20-9-5-4-8-19(20)28-2/h4-10,15-16,18,21,26H,3,11-14H2,1-2H3/t15-,16+,18+,21+/m0/s1. The van der Waals surface area contributed by atoms with Gasteiger partial charge in [0.1, 0.15) is 11.7 Å². The largest absolute Gasteiger partial charge is 0.493 e. The SMILES string of the molecule is CCOc1ncccc1C(=O)N1C[C@H]2C[C@@H](Oc3ccccc3OC)[C@H](O)C[C@H]2C1. The molecule has 1 N–H and O–H groups in total. The second kappa shape index (κ2) is 8.92. The Morgan fingerprint density at radius 1 is 1.13 bits per heavy atom. The fourth-order valence-electron chi connectivity index (χ4n) is 4.54. The number of nitrogens with zero attached hydrogens (tertiary/aromatic N) is 2. The molecule has 30 heavy (non-hydrogen) atoms. The molecule has 0 unspecified atom stereocenters. The van der Waals surface area contributed by atoms with Crippen molar-refractivity contribution >= 4 is 5.91 Å². The maximum absolute atomic E-state index is 13.1. The Bertz CT molecular complexity index is 889. The first kappa shape index (κ1) is 20.5. The molecule has 0 radical (unpaired) electrons. The van der Waals surface area contributed by atoms with Crippen molar-refractivity contribution in [2.45, 2.75) is 32.0 Å². The van der Waals surface area contributed by atoms with Gasteiger partial charge in [-0.1, -0.05) is 12.1 Å². The van der Waals surface area contributed by atoms with Gasteiger partial charge in [-0.2, -0.15) is 0 Å². The number of benzene rings is 1. The van der Waals surface area contributed by atoms with E-state index >= 15 is 0 Å². The maximum atomic E-state index is 13.1. The number of methoxy groups -OCH3 is 1. The normalized spacial score (nSPS) is 25.5. The molecule has 7 nitrogen and oxygen atoms in total. The highest BCUT2D eigenvalue weighted by Crippen LogP contribution is 2.40. The lowest BCUT2D eigenvalue weighted by Crippen LogP contribution is -2.42. The summed E-state index contributed by atoms with van der Waals surface area (Å²) < 4.78 is 17.0. The highest BCUT2D eigenvalue weighted by atomic mass is 16.5. The number of aromatic nitrogens is 1. The average Bonchev–Trinajstić information content (AvgIpc) is 3.17. The monoisotopic (exact) mass is 412 g/mol. The van der Waals surface area contributed by atoms with E-state index < -0.39 is 6.10 Å². The third-order valence-corrected chi connectivity index (χ3v) is 6.00. The Kier molecular flexibility index (Phi) is 6.08. The van der Waals surface area contributed by atoms with Crippen LogP contribution < -0.4 is 14.2 Å². The smallest absolute Gasteiger partial charge is 0.259 e. The predicted molar refractivity (Wildman–Crippen MR) is 111 cm³/mol. The highest BCUT2D eigenvalue weighted by Gasteiger charge is 2.44. The second-order valence-corrected chi connectivity index (χ2v) is 7.87. The molecule has 0 bridgehead atoms. The van der Waals surface area contributed by atoms with E-state index in [4.69, 9.17) is 14.2 Å². The van der Waals surface area contributed by atoms with E-state index in [-0.39, 0.29) is 23.8 Å². The molecule has 1 amide bonds. The summed E-state index contributed by atoms with van der Waals surface area (Å²) in [5.74, 6) is 2.12. The number of amides is 1. The van der Waals surface area contributed by atoms with Crippen LogP contribution in [0, 0.1) is 11.8 Å². The van der Waals surface area contributed by atoms with Crippen LogP contribution in [-0.2, 0) is 0 Å². The Morgan fingerprint density at radius 2 is 1.87 bits per heavy atom. The summed E-state index contributed by atoms with van der Waals surface area (Å²) >= 11 is 0. The number of rotatable bonds is 6. The van der Waals surface area contributed by atoms with Crippen molar-refractivity contribution in [3.05, 3.63) is 48.2 Å². The van der Waals surface area contributed by atoms with E-state index in [2.05, 4.69) is 4.98 Å². The van der Waals surface area contributed by atoms with Crippen LogP contribution in [0.25, 0.3) is 0 Å².